The lowest BCUT2D eigenvalue weighted by Crippen LogP contribution is -2.36. The van der Waals surface area contributed by atoms with Gasteiger partial charge in [-0.2, -0.15) is 10.2 Å². The summed E-state index contributed by atoms with van der Waals surface area (Å²) in [5.74, 6) is 0.721. The molecule has 1 aromatic carbocycles. The van der Waals surface area contributed by atoms with Crippen molar-refractivity contribution >= 4 is 11.7 Å². The van der Waals surface area contributed by atoms with E-state index in [9.17, 15) is 4.79 Å². The molecule has 2 aromatic heterocycles. The van der Waals surface area contributed by atoms with Gasteiger partial charge in [0.25, 0.3) is 5.91 Å². The molecule has 0 aliphatic carbocycles. The van der Waals surface area contributed by atoms with Gasteiger partial charge < -0.3 is 10.2 Å². The summed E-state index contributed by atoms with van der Waals surface area (Å²) < 4.78 is 0. The molecule has 1 aliphatic heterocycles. The van der Waals surface area contributed by atoms with Gasteiger partial charge in [-0.05, 0) is 18.6 Å². The smallest absolute Gasteiger partial charge is 0.258 e. The number of anilines is 1. The minimum atomic E-state index is -0.0231. The van der Waals surface area contributed by atoms with Gasteiger partial charge in [-0.25, -0.2) is 0 Å². The van der Waals surface area contributed by atoms with Gasteiger partial charge in [0.15, 0.2) is 0 Å². The lowest BCUT2D eigenvalue weighted by Gasteiger charge is -2.28. The first-order chi connectivity index (χ1) is 12.8. The summed E-state index contributed by atoms with van der Waals surface area (Å²) >= 11 is 0. The normalized spacial score (nSPS) is 13.3. The molecule has 0 bridgehead atoms. The molecule has 3 aromatic rings. The number of carbonyl (C=O) groups excluding carboxylic acids is 1. The van der Waals surface area contributed by atoms with Crippen molar-refractivity contribution in [1.82, 2.24) is 25.3 Å². The number of aromatic nitrogens is 4. The van der Waals surface area contributed by atoms with Crippen molar-refractivity contribution in [2.24, 2.45) is 0 Å². The maximum Gasteiger partial charge on any atom is 0.258 e. The van der Waals surface area contributed by atoms with E-state index in [1.165, 1.54) is 0 Å². The molecule has 0 radical (unpaired) electrons. The molecule has 0 saturated heterocycles. The number of amides is 1. The maximum absolute atomic E-state index is 13.1. The SMILES string of the molecule is CCNc1cc2c(nn1)CCN(C(=O)c1cn[nH]c1-c1ccccc1)C2. The molecule has 4 rings (SSSR count). The average Bonchev–Trinajstić information content (AvgIpc) is 3.17. The highest BCUT2D eigenvalue weighted by molar-refractivity contribution is 5.99. The molecule has 0 unspecified atom stereocenters. The zero-order valence-corrected chi connectivity index (χ0v) is 14.6. The van der Waals surface area contributed by atoms with Crippen LogP contribution in [0.5, 0.6) is 0 Å². The number of nitrogens with zero attached hydrogens (tertiary/aromatic N) is 4. The molecular weight excluding hydrogens is 328 g/mol. The number of hydrogen-bond acceptors (Lipinski definition) is 5. The maximum atomic E-state index is 13.1. The lowest BCUT2D eigenvalue weighted by molar-refractivity contribution is 0.0734. The van der Waals surface area contributed by atoms with Crippen LogP contribution in [0.3, 0.4) is 0 Å². The molecule has 0 spiro atoms. The number of rotatable bonds is 4. The fourth-order valence-electron chi connectivity index (χ4n) is 3.21. The first-order valence-corrected chi connectivity index (χ1v) is 8.73. The molecule has 3 heterocycles. The van der Waals surface area contributed by atoms with Crippen molar-refractivity contribution < 1.29 is 4.79 Å². The molecular formula is C19H20N6O. The fraction of sp³-hybridized carbons (Fsp3) is 0.263. The summed E-state index contributed by atoms with van der Waals surface area (Å²) in [6.07, 6.45) is 2.31. The fourth-order valence-corrected chi connectivity index (χ4v) is 3.21. The zero-order valence-electron chi connectivity index (χ0n) is 14.6. The highest BCUT2D eigenvalue weighted by Gasteiger charge is 2.26. The summed E-state index contributed by atoms with van der Waals surface area (Å²) in [6, 6.07) is 11.8. The first-order valence-electron chi connectivity index (χ1n) is 8.73. The number of hydrogen-bond donors (Lipinski definition) is 2. The lowest BCUT2D eigenvalue weighted by atomic mass is 10.0. The molecule has 1 aliphatic rings. The van der Waals surface area contributed by atoms with Gasteiger partial charge in [-0.15, -0.1) is 5.10 Å². The van der Waals surface area contributed by atoms with Crippen LogP contribution in [0.1, 0.15) is 28.5 Å². The van der Waals surface area contributed by atoms with Gasteiger partial charge in [0.05, 0.1) is 23.1 Å². The van der Waals surface area contributed by atoms with E-state index in [-0.39, 0.29) is 5.91 Å². The van der Waals surface area contributed by atoms with E-state index in [4.69, 9.17) is 0 Å². The van der Waals surface area contributed by atoms with E-state index in [1.54, 1.807) is 6.20 Å². The Kier molecular flexibility index (Phi) is 4.35. The second-order valence-corrected chi connectivity index (χ2v) is 6.23. The van der Waals surface area contributed by atoms with Gasteiger partial charge in [-0.3, -0.25) is 9.89 Å². The van der Waals surface area contributed by atoms with Crippen molar-refractivity contribution in [3.63, 3.8) is 0 Å². The van der Waals surface area contributed by atoms with Crippen molar-refractivity contribution in [2.45, 2.75) is 19.9 Å². The van der Waals surface area contributed by atoms with Crippen LogP contribution in [0.4, 0.5) is 5.82 Å². The number of carbonyl (C=O) groups is 1. The molecule has 0 fully saturated rings. The van der Waals surface area contributed by atoms with E-state index in [1.807, 2.05) is 48.2 Å². The van der Waals surface area contributed by atoms with Crippen LogP contribution in [0.15, 0.2) is 42.6 Å². The molecule has 2 N–H and O–H groups in total. The minimum absolute atomic E-state index is 0.0231. The Morgan fingerprint density at radius 1 is 1.27 bits per heavy atom. The quantitative estimate of drug-likeness (QED) is 0.756. The number of benzene rings is 1. The second kappa shape index (κ2) is 6.95. The van der Waals surface area contributed by atoms with Gasteiger partial charge in [0.2, 0.25) is 0 Å². The second-order valence-electron chi connectivity index (χ2n) is 6.23. The largest absolute Gasteiger partial charge is 0.369 e. The van der Waals surface area contributed by atoms with Crippen LogP contribution in [-0.4, -0.2) is 44.3 Å². The Balaban J connectivity index is 1.59. The van der Waals surface area contributed by atoms with E-state index in [0.717, 1.165) is 34.9 Å². The van der Waals surface area contributed by atoms with Gasteiger partial charge in [0, 0.05) is 31.6 Å². The first kappa shape index (κ1) is 16.3. The standard InChI is InChI=1S/C19H20N6O/c1-2-20-17-10-14-12-25(9-8-16(14)22-23-17)19(26)15-11-21-24-18(15)13-6-4-3-5-7-13/h3-7,10-11H,2,8-9,12H2,1H3,(H,20,23)(H,21,24). The highest BCUT2D eigenvalue weighted by Crippen LogP contribution is 2.25. The third-order valence-electron chi connectivity index (χ3n) is 4.52. The Morgan fingerprint density at radius 2 is 2.12 bits per heavy atom. The van der Waals surface area contributed by atoms with Crippen LogP contribution in [0.25, 0.3) is 11.3 Å². The Hall–Kier alpha value is -3.22. The Bertz CT molecular complexity index is 921. The van der Waals surface area contributed by atoms with Crippen LogP contribution < -0.4 is 5.32 Å². The summed E-state index contributed by atoms with van der Waals surface area (Å²) in [6.45, 7) is 3.95. The van der Waals surface area contributed by atoms with E-state index in [2.05, 4.69) is 25.7 Å². The molecule has 0 atom stereocenters. The van der Waals surface area contributed by atoms with E-state index < -0.39 is 0 Å². The predicted octanol–water partition coefficient (Wildman–Crippen LogP) is 2.50. The summed E-state index contributed by atoms with van der Waals surface area (Å²) in [5, 5.41) is 18.7. The highest BCUT2D eigenvalue weighted by atomic mass is 16.2. The van der Waals surface area contributed by atoms with Crippen molar-refractivity contribution in [3.05, 3.63) is 59.4 Å². The minimum Gasteiger partial charge on any atom is -0.369 e. The van der Waals surface area contributed by atoms with Crippen LogP contribution in [0.2, 0.25) is 0 Å². The Labute approximate surface area is 151 Å². The van der Waals surface area contributed by atoms with Crippen LogP contribution >= 0.6 is 0 Å². The number of aromatic amines is 1. The monoisotopic (exact) mass is 348 g/mol. The average molecular weight is 348 g/mol. The molecule has 0 saturated carbocycles. The molecule has 26 heavy (non-hydrogen) atoms. The molecule has 1 amide bonds. The third kappa shape index (κ3) is 3.03. The number of nitrogens with one attached hydrogen (secondary N) is 2. The van der Waals surface area contributed by atoms with Crippen molar-refractivity contribution in [3.8, 4) is 11.3 Å². The molecule has 7 heteroatoms. The summed E-state index contributed by atoms with van der Waals surface area (Å²) in [5.41, 5.74) is 4.30. The molecule has 132 valence electrons. The van der Waals surface area contributed by atoms with Gasteiger partial charge in [-0.1, -0.05) is 30.3 Å². The van der Waals surface area contributed by atoms with Crippen molar-refractivity contribution in [1.29, 1.82) is 0 Å². The summed E-state index contributed by atoms with van der Waals surface area (Å²) in [7, 11) is 0. The van der Waals surface area contributed by atoms with Crippen LogP contribution in [-0.2, 0) is 13.0 Å². The van der Waals surface area contributed by atoms with E-state index >= 15 is 0 Å². The predicted molar refractivity (Wildman–Crippen MR) is 98.7 cm³/mol. The topological polar surface area (TPSA) is 86.8 Å². The summed E-state index contributed by atoms with van der Waals surface area (Å²) in [4.78, 5) is 14.9. The van der Waals surface area contributed by atoms with Crippen molar-refractivity contribution in [2.75, 3.05) is 18.4 Å². The zero-order chi connectivity index (χ0) is 17.9. The van der Waals surface area contributed by atoms with E-state index in [0.29, 0.717) is 25.1 Å². The number of fused-ring (bicyclic) bond motifs is 1. The Morgan fingerprint density at radius 3 is 2.92 bits per heavy atom. The number of H-pyrrole nitrogens is 1. The van der Waals surface area contributed by atoms with Gasteiger partial charge in [0.1, 0.15) is 5.82 Å². The molecule has 7 nitrogen and oxygen atoms in total. The van der Waals surface area contributed by atoms with Gasteiger partial charge >= 0.3 is 0 Å². The third-order valence-corrected chi connectivity index (χ3v) is 4.52. The van der Waals surface area contributed by atoms with Crippen LogP contribution in [0, 0.1) is 0 Å².